The van der Waals surface area contributed by atoms with Crippen LogP contribution in [0.25, 0.3) is 56.2 Å². The summed E-state index contributed by atoms with van der Waals surface area (Å²) in [5.74, 6) is 1.97. The van der Waals surface area contributed by atoms with E-state index in [-0.39, 0.29) is 0 Å². The number of aromatic nitrogens is 4. The van der Waals surface area contributed by atoms with Crippen LogP contribution in [0.5, 0.6) is 0 Å². The summed E-state index contributed by atoms with van der Waals surface area (Å²) in [5.41, 5.74) is 6.14. The van der Waals surface area contributed by atoms with Gasteiger partial charge in [-0.15, -0.1) is 0 Å². The molecule has 0 fully saturated rings. The van der Waals surface area contributed by atoms with Gasteiger partial charge < -0.3 is 0 Å². The SMILES string of the molecule is c1ccc(-c2nc(-c3ccccc3)nc(-c3ccc(-c4cccc5ncccc45)cc3)n2)cc1. The van der Waals surface area contributed by atoms with E-state index in [4.69, 9.17) is 15.0 Å². The Labute approximate surface area is 197 Å². The van der Waals surface area contributed by atoms with Crippen molar-refractivity contribution in [1.29, 1.82) is 0 Å². The Morgan fingerprint density at radius 2 is 0.912 bits per heavy atom. The van der Waals surface area contributed by atoms with Crippen LogP contribution >= 0.6 is 0 Å². The van der Waals surface area contributed by atoms with E-state index in [1.54, 1.807) is 0 Å². The largest absolute Gasteiger partial charge is 0.256 e. The fraction of sp³-hybridized carbons (Fsp3) is 0. The second kappa shape index (κ2) is 8.68. The van der Waals surface area contributed by atoms with E-state index in [1.165, 1.54) is 0 Å². The lowest BCUT2D eigenvalue weighted by molar-refractivity contribution is 1.07. The van der Waals surface area contributed by atoms with Gasteiger partial charge in [0.05, 0.1) is 5.52 Å². The van der Waals surface area contributed by atoms with Gasteiger partial charge in [-0.3, -0.25) is 4.98 Å². The Morgan fingerprint density at radius 3 is 1.50 bits per heavy atom. The third kappa shape index (κ3) is 3.82. The van der Waals surface area contributed by atoms with Crippen LogP contribution in [0.15, 0.2) is 121 Å². The monoisotopic (exact) mass is 436 g/mol. The van der Waals surface area contributed by atoms with Crippen LogP contribution in [-0.2, 0) is 0 Å². The molecular weight excluding hydrogens is 416 g/mol. The molecule has 0 N–H and O–H groups in total. The Bertz CT molecular complexity index is 1520. The molecular formula is C30H20N4. The van der Waals surface area contributed by atoms with E-state index in [0.29, 0.717) is 17.5 Å². The van der Waals surface area contributed by atoms with E-state index in [1.807, 2.05) is 85.1 Å². The molecule has 0 aliphatic heterocycles. The van der Waals surface area contributed by atoms with Crippen LogP contribution in [0.4, 0.5) is 0 Å². The zero-order valence-electron chi connectivity index (χ0n) is 18.3. The van der Waals surface area contributed by atoms with Gasteiger partial charge in [-0.05, 0) is 23.3 Å². The smallest absolute Gasteiger partial charge is 0.164 e. The molecule has 6 rings (SSSR count). The van der Waals surface area contributed by atoms with Crippen molar-refractivity contribution in [3.8, 4) is 45.3 Å². The van der Waals surface area contributed by atoms with Gasteiger partial charge in [-0.1, -0.05) is 103 Å². The van der Waals surface area contributed by atoms with Gasteiger partial charge in [-0.2, -0.15) is 0 Å². The van der Waals surface area contributed by atoms with Crippen molar-refractivity contribution in [2.75, 3.05) is 0 Å². The lowest BCUT2D eigenvalue weighted by Crippen LogP contribution is -2.00. The predicted molar refractivity (Wildman–Crippen MR) is 137 cm³/mol. The zero-order valence-corrected chi connectivity index (χ0v) is 18.3. The molecule has 0 unspecified atom stereocenters. The lowest BCUT2D eigenvalue weighted by Gasteiger charge is -2.10. The molecule has 6 aromatic rings. The Hall–Kier alpha value is -4.70. The molecule has 0 aliphatic rings. The van der Waals surface area contributed by atoms with Crippen LogP contribution in [-0.4, -0.2) is 19.9 Å². The first-order chi connectivity index (χ1) is 16.8. The van der Waals surface area contributed by atoms with Crippen LogP contribution in [0.3, 0.4) is 0 Å². The molecule has 0 saturated heterocycles. The highest BCUT2D eigenvalue weighted by Gasteiger charge is 2.12. The number of hydrogen-bond donors (Lipinski definition) is 0. The third-order valence-electron chi connectivity index (χ3n) is 5.80. The van der Waals surface area contributed by atoms with Gasteiger partial charge in [0.15, 0.2) is 17.5 Å². The average molecular weight is 437 g/mol. The minimum atomic E-state index is 0.652. The molecule has 4 nitrogen and oxygen atoms in total. The summed E-state index contributed by atoms with van der Waals surface area (Å²) in [4.78, 5) is 18.9. The van der Waals surface area contributed by atoms with E-state index in [2.05, 4.69) is 41.4 Å². The summed E-state index contributed by atoms with van der Waals surface area (Å²) >= 11 is 0. The molecule has 0 amide bonds. The molecule has 0 aliphatic carbocycles. The van der Waals surface area contributed by atoms with Crippen LogP contribution in [0.1, 0.15) is 0 Å². The molecule has 4 aromatic carbocycles. The van der Waals surface area contributed by atoms with Crippen molar-refractivity contribution in [1.82, 2.24) is 19.9 Å². The molecule has 34 heavy (non-hydrogen) atoms. The van der Waals surface area contributed by atoms with Gasteiger partial charge in [-0.25, -0.2) is 15.0 Å². The third-order valence-corrected chi connectivity index (χ3v) is 5.80. The second-order valence-corrected chi connectivity index (χ2v) is 7.99. The fourth-order valence-electron chi connectivity index (χ4n) is 4.09. The molecule has 4 heteroatoms. The number of rotatable bonds is 4. The normalized spacial score (nSPS) is 10.9. The topological polar surface area (TPSA) is 51.6 Å². The highest BCUT2D eigenvalue weighted by molar-refractivity contribution is 5.94. The predicted octanol–water partition coefficient (Wildman–Crippen LogP) is 7.09. The number of pyridine rings is 1. The summed E-state index contributed by atoms with van der Waals surface area (Å²) in [7, 11) is 0. The standard InChI is InChI=1S/C30H20N4/c1-3-9-22(10-4-1)28-32-29(23-11-5-2-6-12-23)34-30(33-28)24-18-16-21(17-19-24)25-13-7-15-27-26(25)14-8-20-31-27/h1-20H. The molecule has 2 heterocycles. The number of benzene rings is 4. The van der Waals surface area contributed by atoms with Crippen molar-refractivity contribution in [3.63, 3.8) is 0 Å². The van der Waals surface area contributed by atoms with Crippen LogP contribution in [0.2, 0.25) is 0 Å². The molecule has 2 aromatic heterocycles. The van der Waals surface area contributed by atoms with Gasteiger partial charge in [0.25, 0.3) is 0 Å². The van der Waals surface area contributed by atoms with Crippen molar-refractivity contribution in [3.05, 3.63) is 121 Å². The van der Waals surface area contributed by atoms with Gasteiger partial charge in [0.2, 0.25) is 0 Å². The Balaban J connectivity index is 1.45. The lowest BCUT2D eigenvalue weighted by atomic mass is 9.99. The maximum absolute atomic E-state index is 4.82. The fourth-order valence-corrected chi connectivity index (χ4v) is 4.09. The molecule has 0 radical (unpaired) electrons. The van der Waals surface area contributed by atoms with Crippen molar-refractivity contribution >= 4 is 10.9 Å². The minimum absolute atomic E-state index is 0.652. The zero-order chi connectivity index (χ0) is 22.7. The maximum Gasteiger partial charge on any atom is 0.164 e. The van der Waals surface area contributed by atoms with Crippen molar-refractivity contribution in [2.45, 2.75) is 0 Å². The second-order valence-electron chi connectivity index (χ2n) is 7.99. The summed E-state index contributed by atoms with van der Waals surface area (Å²) < 4.78 is 0. The van der Waals surface area contributed by atoms with E-state index >= 15 is 0 Å². The minimum Gasteiger partial charge on any atom is -0.256 e. The summed E-state index contributed by atoms with van der Waals surface area (Å²) in [5, 5.41) is 1.13. The van der Waals surface area contributed by atoms with E-state index in [0.717, 1.165) is 38.7 Å². The first-order valence-corrected chi connectivity index (χ1v) is 11.2. The van der Waals surface area contributed by atoms with Gasteiger partial charge in [0.1, 0.15) is 0 Å². The molecule has 0 spiro atoms. The molecule has 0 bridgehead atoms. The van der Waals surface area contributed by atoms with Crippen LogP contribution < -0.4 is 0 Å². The van der Waals surface area contributed by atoms with Gasteiger partial charge in [0, 0.05) is 28.3 Å². The van der Waals surface area contributed by atoms with E-state index in [9.17, 15) is 0 Å². The van der Waals surface area contributed by atoms with Crippen LogP contribution in [0, 0.1) is 0 Å². The van der Waals surface area contributed by atoms with Gasteiger partial charge >= 0.3 is 0 Å². The number of fused-ring (bicyclic) bond motifs is 1. The number of hydrogen-bond acceptors (Lipinski definition) is 4. The maximum atomic E-state index is 4.82. The highest BCUT2D eigenvalue weighted by Crippen LogP contribution is 2.30. The van der Waals surface area contributed by atoms with E-state index < -0.39 is 0 Å². The quantitative estimate of drug-likeness (QED) is 0.296. The summed E-state index contributed by atoms with van der Waals surface area (Å²) in [6, 6.07) is 38.7. The molecule has 0 saturated carbocycles. The average Bonchev–Trinajstić information content (AvgIpc) is 2.93. The van der Waals surface area contributed by atoms with Crippen molar-refractivity contribution < 1.29 is 0 Å². The Morgan fingerprint density at radius 1 is 0.382 bits per heavy atom. The summed E-state index contributed by atoms with van der Waals surface area (Å²) in [6.45, 7) is 0. The first-order valence-electron chi connectivity index (χ1n) is 11.2. The first kappa shape index (κ1) is 19.9. The number of nitrogens with zero attached hydrogens (tertiary/aromatic N) is 4. The molecule has 0 atom stereocenters. The Kier molecular flexibility index (Phi) is 5.09. The highest BCUT2D eigenvalue weighted by atomic mass is 15.0. The molecule has 160 valence electrons. The summed E-state index contributed by atoms with van der Waals surface area (Å²) in [6.07, 6.45) is 1.82. The van der Waals surface area contributed by atoms with Crippen molar-refractivity contribution in [2.24, 2.45) is 0 Å².